The Kier molecular flexibility index (Phi) is 6.73. The van der Waals surface area contributed by atoms with Gasteiger partial charge in [0.15, 0.2) is 5.82 Å². The van der Waals surface area contributed by atoms with E-state index in [1.54, 1.807) is 0 Å². The summed E-state index contributed by atoms with van der Waals surface area (Å²) >= 11 is 0. The van der Waals surface area contributed by atoms with Crippen molar-refractivity contribution in [2.24, 2.45) is 0 Å². The van der Waals surface area contributed by atoms with E-state index in [2.05, 4.69) is 164 Å². The number of hydrogen-bond acceptors (Lipinski definition) is 4. The number of hydrogen-bond donors (Lipinski definition) is 0. The molecule has 0 atom stereocenters. The first kappa shape index (κ1) is 30.5. The lowest BCUT2D eigenvalue weighted by molar-refractivity contribution is 0.436. The van der Waals surface area contributed by atoms with Crippen molar-refractivity contribution < 1.29 is 4.74 Å². The average molecular weight is 690 g/mol. The maximum atomic E-state index is 6.61. The molecular formula is C50H31N3O. The van der Waals surface area contributed by atoms with Crippen LogP contribution in [0.4, 0.5) is 0 Å². The number of nitrogens with zero attached hydrogens (tertiary/aromatic N) is 3. The van der Waals surface area contributed by atoms with E-state index in [-0.39, 0.29) is 0 Å². The molecule has 0 bridgehead atoms. The lowest BCUT2D eigenvalue weighted by Gasteiger charge is -2.39. The molecule has 0 saturated carbocycles. The Bertz CT molecular complexity index is 2810. The van der Waals surface area contributed by atoms with Crippen LogP contribution in [-0.2, 0) is 5.41 Å². The molecular weight excluding hydrogens is 659 g/mol. The van der Waals surface area contributed by atoms with Crippen LogP contribution in [0.15, 0.2) is 188 Å². The summed E-state index contributed by atoms with van der Waals surface area (Å²) in [5.74, 6) is 2.42. The number of rotatable bonds is 4. The smallest absolute Gasteiger partial charge is 0.160 e. The van der Waals surface area contributed by atoms with Crippen molar-refractivity contribution in [2.75, 3.05) is 0 Å². The lowest BCUT2D eigenvalue weighted by atomic mass is 9.66. The van der Waals surface area contributed by atoms with Crippen LogP contribution in [0.2, 0.25) is 0 Å². The number of pyridine rings is 1. The lowest BCUT2D eigenvalue weighted by Crippen LogP contribution is -2.32. The molecule has 0 unspecified atom stereocenters. The zero-order chi connectivity index (χ0) is 35.6. The molecule has 0 N–H and O–H groups in total. The molecule has 0 saturated heterocycles. The van der Waals surface area contributed by atoms with E-state index in [4.69, 9.17) is 19.7 Å². The van der Waals surface area contributed by atoms with Gasteiger partial charge in [0.25, 0.3) is 0 Å². The fourth-order valence-electron chi connectivity index (χ4n) is 8.64. The molecule has 2 aliphatic rings. The summed E-state index contributed by atoms with van der Waals surface area (Å²) in [4.78, 5) is 15.3. The molecule has 0 radical (unpaired) electrons. The van der Waals surface area contributed by atoms with Gasteiger partial charge in [0.1, 0.15) is 11.5 Å². The van der Waals surface area contributed by atoms with Gasteiger partial charge in [-0.2, -0.15) is 0 Å². The summed E-state index contributed by atoms with van der Waals surface area (Å²) in [6.07, 6.45) is 1.87. The van der Waals surface area contributed by atoms with Gasteiger partial charge in [0.2, 0.25) is 0 Å². The zero-order valence-electron chi connectivity index (χ0n) is 29.1. The molecule has 4 nitrogen and oxygen atoms in total. The molecule has 9 aromatic rings. The van der Waals surface area contributed by atoms with E-state index in [9.17, 15) is 0 Å². The fraction of sp³-hybridized carbons (Fsp3) is 0.0200. The molecule has 1 aliphatic carbocycles. The predicted molar refractivity (Wildman–Crippen MR) is 216 cm³/mol. The highest BCUT2D eigenvalue weighted by molar-refractivity contribution is 5.97. The molecule has 1 aliphatic heterocycles. The average Bonchev–Trinajstić information content (AvgIpc) is 3.53. The molecule has 3 heterocycles. The maximum absolute atomic E-state index is 6.61. The Morgan fingerprint density at radius 1 is 0.389 bits per heavy atom. The molecule has 0 fully saturated rings. The van der Waals surface area contributed by atoms with E-state index in [0.29, 0.717) is 5.82 Å². The Labute approximate surface area is 313 Å². The molecule has 11 rings (SSSR count). The number of benzene rings is 7. The van der Waals surface area contributed by atoms with Crippen molar-refractivity contribution in [1.82, 2.24) is 15.0 Å². The third kappa shape index (κ3) is 4.53. The Morgan fingerprint density at radius 3 is 1.59 bits per heavy atom. The van der Waals surface area contributed by atoms with Gasteiger partial charge in [-0.1, -0.05) is 146 Å². The van der Waals surface area contributed by atoms with Crippen LogP contribution < -0.4 is 4.74 Å². The van der Waals surface area contributed by atoms with Gasteiger partial charge in [0.05, 0.1) is 22.3 Å². The second-order valence-electron chi connectivity index (χ2n) is 13.9. The van der Waals surface area contributed by atoms with Crippen molar-refractivity contribution in [3.8, 4) is 67.7 Å². The minimum Gasteiger partial charge on any atom is -0.457 e. The van der Waals surface area contributed by atoms with Crippen molar-refractivity contribution in [2.45, 2.75) is 5.41 Å². The van der Waals surface area contributed by atoms with Crippen LogP contribution in [0.5, 0.6) is 11.5 Å². The number of aromatic nitrogens is 3. The number of para-hydroxylation sites is 3. The topological polar surface area (TPSA) is 47.9 Å². The Morgan fingerprint density at radius 2 is 0.944 bits per heavy atom. The minimum atomic E-state index is -0.591. The third-order valence-electron chi connectivity index (χ3n) is 11.0. The normalized spacial score (nSPS) is 13.1. The first-order valence-electron chi connectivity index (χ1n) is 18.3. The Balaban J connectivity index is 1.19. The van der Waals surface area contributed by atoms with E-state index < -0.39 is 5.41 Å². The first-order valence-corrected chi connectivity index (χ1v) is 18.3. The largest absolute Gasteiger partial charge is 0.457 e. The van der Waals surface area contributed by atoms with Gasteiger partial charge in [-0.15, -0.1) is 0 Å². The molecule has 0 amide bonds. The van der Waals surface area contributed by atoms with Gasteiger partial charge in [-0.3, -0.25) is 4.98 Å². The zero-order valence-corrected chi connectivity index (χ0v) is 29.1. The van der Waals surface area contributed by atoms with Crippen molar-refractivity contribution >= 4 is 10.9 Å². The van der Waals surface area contributed by atoms with E-state index >= 15 is 0 Å². The van der Waals surface area contributed by atoms with E-state index in [0.717, 1.165) is 78.3 Å². The minimum absolute atomic E-state index is 0.591. The second kappa shape index (κ2) is 11.9. The van der Waals surface area contributed by atoms with Crippen LogP contribution >= 0.6 is 0 Å². The summed E-state index contributed by atoms with van der Waals surface area (Å²) in [6, 6.07) is 64.0. The molecule has 4 heteroatoms. The summed E-state index contributed by atoms with van der Waals surface area (Å²) in [5.41, 5.74) is 14.5. The van der Waals surface area contributed by atoms with Gasteiger partial charge in [-0.05, 0) is 64.2 Å². The van der Waals surface area contributed by atoms with E-state index in [1.165, 1.54) is 16.7 Å². The van der Waals surface area contributed by atoms with Crippen molar-refractivity contribution in [3.63, 3.8) is 0 Å². The Hall–Kier alpha value is -7.17. The molecule has 54 heavy (non-hydrogen) atoms. The van der Waals surface area contributed by atoms with Crippen LogP contribution in [-0.4, -0.2) is 15.0 Å². The summed E-state index contributed by atoms with van der Waals surface area (Å²) in [7, 11) is 0. The number of ether oxygens (including phenoxy) is 1. The highest BCUT2D eigenvalue weighted by Crippen LogP contribution is 2.62. The first-order chi connectivity index (χ1) is 26.8. The van der Waals surface area contributed by atoms with Crippen molar-refractivity contribution in [3.05, 3.63) is 210 Å². The van der Waals surface area contributed by atoms with Crippen molar-refractivity contribution in [1.29, 1.82) is 0 Å². The summed E-state index contributed by atoms with van der Waals surface area (Å²) in [6.45, 7) is 0. The monoisotopic (exact) mass is 689 g/mol. The summed E-state index contributed by atoms with van der Waals surface area (Å²) in [5, 5.41) is 1.12. The number of fused-ring (bicyclic) bond motifs is 10. The molecule has 2 aromatic heterocycles. The van der Waals surface area contributed by atoms with Crippen LogP contribution in [0.25, 0.3) is 67.1 Å². The van der Waals surface area contributed by atoms with Gasteiger partial charge < -0.3 is 4.74 Å². The highest BCUT2D eigenvalue weighted by Gasteiger charge is 2.51. The summed E-state index contributed by atoms with van der Waals surface area (Å²) < 4.78 is 6.61. The SMILES string of the molecule is c1ccc(-c2cc(-c3ccccc3)nc(-c3ccc4c(c3)-c3cc(-c5cccc6cccnc56)ccc3C43c4ccccc4Oc4ccccc43)n2)cc1. The maximum Gasteiger partial charge on any atom is 0.160 e. The fourth-order valence-corrected chi connectivity index (χ4v) is 8.64. The van der Waals surface area contributed by atoms with Crippen LogP contribution in [0.3, 0.4) is 0 Å². The second-order valence-corrected chi connectivity index (χ2v) is 13.9. The quantitative estimate of drug-likeness (QED) is 0.185. The molecule has 252 valence electrons. The van der Waals surface area contributed by atoms with Crippen LogP contribution in [0.1, 0.15) is 22.3 Å². The third-order valence-corrected chi connectivity index (χ3v) is 11.0. The molecule has 1 spiro atoms. The van der Waals surface area contributed by atoms with Crippen LogP contribution in [0, 0.1) is 0 Å². The van der Waals surface area contributed by atoms with Gasteiger partial charge in [-0.25, -0.2) is 9.97 Å². The predicted octanol–water partition coefficient (Wildman–Crippen LogP) is 12.2. The highest BCUT2D eigenvalue weighted by atomic mass is 16.5. The van der Waals surface area contributed by atoms with E-state index in [1.807, 2.05) is 24.4 Å². The standard InChI is InChI=1S/C50H31N3O/c1-3-13-32(14-4-1)44-31-45(33-15-5-2-6-16-33)53-49(52-44)36-25-27-41-39(30-36)38-29-35(37-19-11-17-34-18-12-28-51-48(34)37)24-26-40(38)50(41)42-20-7-9-22-46(42)54-47-23-10-8-21-43(47)50/h1-31H. The van der Waals surface area contributed by atoms with Gasteiger partial charge >= 0.3 is 0 Å². The van der Waals surface area contributed by atoms with Gasteiger partial charge in [0, 0.05) is 45.0 Å². The molecule has 7 aromatic carbocycles.